The quantitative estimate of drug-likeness (QED) is 0.230. The van der Waals surface area contributed by atoms with Crippen molar-refractivity contribution in [1.82, 2.24) is 9.97 Å². The Labute approximate surface area is 203 Å². The van der Waals surface area contributed by atoms with E-state index in [0.717, 1.165) is 16.7 Å². The summed E-state index contributed by atoms with van der Waals surface area (Å²) in [5.74, 6) is 0.132. The molecule has 4 aromatic rings. The molecule has 1 amide bonds. The van der Waals surface area contributed by atoms with Crippen LogP contribution in [0.2, 0.25) is 0 Å². The third kappa shape index (κ3) is 4.12. The molecule has 34 heavy (non-hydrogen) atoms. The van der Waals surface area contributed by atoms with Crippen LogP contribution < -0.4 is 15.6 Å². The van der Waals surface area contributed by atoms with Gasteiger partial charge >= 0.3 is 0 Å². The summed E-state index contributed by atoms with van der Waals surface area (Å²) in [5.41, 5.74) is 3.65. The van der Waals surface area contributed by atoms with Crippen molar-refractivity contribution in [2.45, 2.75) is 37.3 Å². The molecule has 2 atom stereocenters. The summed E-state index contributed by atoms with van der Waals surface area (Å²) in [6, 6.07) is 13.0. The molecule has 0 saturated heterocycles. The van der Waals surface area contributed by atoms with E-state index < -0.39 is 11.4 Å². The fourth-order valence-corrected chi connectivity index (χ4v) is 5.63. The Hall–Kier alpha value is -3.43. The second-order valence-electron chi connectivity index (χ2n) is 8.15. The van der Waals surface area contributed by atoms with Gasteiger partial charge in [-0.05, 0) is 44.5 Å². The predicted octanol–water partition coefficient (Wildman–Crippen LogP) is 5.04. The average molecular weight is 492 g/mol. The molecule has 2 aromatic heterocycles. The number of aromatic amines is 1. The number of nitrogens with zero attached hydrogens (tertiary/aromatic N) is 1. The lowest BCUT2D eigenvalue weighted by Crippen LogP contribution is -2.34. The second-order valence-corrected chi connectivity index (χ2v) is 10.3. The molecule has 3 heterocycles. The van der Waals surface area contributed by atoms with E-state index in [4.69, 9.17) is 4.74 Å². The second kappa shape index (κ2) is 8.73. The number of hydrogen-bond acceptors (Lipinski definition) is 7. The molecule has 0 saturated carbocycles. The maximum Gasteiger partial charge on any atom is 0.265 e. The van der Waals surface area contributed by atoms with Gasteiger partial charge in [0.1, 0.15) is 10.6 Å². The molecule has 5 rings (SSSR count). The number of benzene rings is 2. The molecular weight excluding hydrogens is 470 g/mol. The van der Waals surface area contributed by atoms with E-state index in [0.29, 0.717) is 32.4 Å². The summed E-state index contributed by atoms with van der Waals surface area (Å²) in [5, 5.41) is 5.13. The number of ketones is 1. The van der Waals surface area contributed by atoms with Crippen molar-refractivity contribution in [1.29, 1.82) is 0 Å². The highest BCUT2D eigenvalue weighted by molar-refractivity contribution is 8.00. The Morgan fingerprint density at radius 2 is 1.94 bits per heavy atom. The fourth-order valence-electron chi connectivity index (χ4n) is 3.75. The minimum absolute atomic E-state index is 0.144. The number of carbonyl (C=O) groups is 2. The van der Waals surface area contributed by atoms with Crippen molar-refractivity contribution < 1.29 is 14.3 Å². The summed E-state index contributed by atoms with van der Waals surface area (Å²) < 4.78 is 5.55. The number of rotatable bonds is 5. The zero-order chi connectivity index (χ0) is 24.0. The zero-order valence-electron chi connectivity index (χ0n) is 18.7. The van der Waals surface area contributed by atoms with Gasteiger partial charge in [0.2, 0.25) is 0 Å². The van der Waals surface area contributed by atoms with Gasteiger partial charge in [-0.2, -0.15) is 0 Å². The summed E-state index contributed by atoms with van der Waals surface area (Å²) >= 11 is 2.60. The smallest absolute Gasteiger partial charge is 0.265 e. The van der Waals surface area contributed by atoms with Crippen molar-refractivity contribution in [2.75, 3.05) is 5.32 Å². The monoisotopic (exact) mass is 491 g/mol. The Bertz CT molecular complexity index is 1490. The Morgan fingerprint density at radius 1 is 1.18 bits per heavy atom. The largest absolute Gasteiger partial charge is 0.479 e. The van der Waals surface area contributed by atoms with Gasteiger partial charge in [0, 0.05) is 16.5 Å². The summed E-state index contributed by atoms with van der Waals surface area (Å²) in [7, 11) is 0. The average Bonchev–Trinajstić information content (AvgIpc) is 3.24. The SMILES string of the molecule is Cc1ccc(-c2csc3nc(SC(C)C(=O)c4ccc5c(c4)NC(=O)C(C)O5)[nH]c(=O)c23)cc1. The number of H-pyrrole nitrogens is 1. The highest BCUT2D eigenvalue weighted by Gasteiger charge is 2.26. The molecule has 2 unspecified atom stereocenters. The number of ether oxygens (including phenoxy) is 1. The van der Waals surface area contributed by atoms with Crippen LogP contribution in [0.1, 0.15) is 29.8 Å². The van der Waals surface area contributed by atoms with E-state index in [1.54, 1.807) is 32.0 Å². The van der Waals surface area contributed by atoms with Gasteiger partial charge in [0.05, 0.1) is 16.3 Å². The van der Waals surface area contributed by atoms with Gasteiger partial charge in [-0.3, -0.25) is 14.4 Å². The fraction of sp³-hybridized carbons (Fsp3) is 0.200. The van der Waals surface area contributed by atoms with E-state index in [-0.39, 0.29) is 17.2 Å². The Morgan fingerprint density at radius 3 is 2.71 bits per heavy atom. The molecule has 0 aliphatic carbocycles. The topological polar surface area (TPSA) is 101 Å². The number of aromatic nitrogens is 2. The number of thiophene rings is 1. The van der Waals surface area contributed by atoms with Crippen molar-refractivity contribution >= 4 is 50.7 Å². The molecule has 2 N–H and O–H groups in total. The normalized spacial score (nSPS) is 16.0. The first-order valence-electron chi connectivity index (χ1n) is 10.7. The number of thioether (sulfide) groups is 1. The molecule has 1 aliphatic heterocycles. The van der Waals surface area contributed by atoms with Gasteiger partial charge in [-0.15, -0.1) is 11.3 Å². The number of amides is 1. The summed E-state index contributed by atoms with van der Waals surface area (Å²) in [6.07, 6.45) is -0.579. The van der Waals surface area contributed by atoms with E-state index in [1.807, 2.05) is 36.6 Å². The van der Waals surface area contributed by atoms with Gasteiger partial charge in [-0.1, -0.05) is 41.6 Å². The highest BCUT2D eigenvalue weighted by Crippen LogP contribution is 2.34. The number of carbonyl (C=O) groups excluding carboxylic acids is 2. The molecule has 7 nitrogen and oxygen atoms in total. The van der Waals surface area contributed by atoms with Crippen molar-refractivity contribution in [3.05, 3.63) is 69.3 Å². The first kappa shape index (κ1) is 22.4. The van der Waals surface area contributed by atoms with Crippen molar-refractivity contribution in [3.8, 4) is 16.9 Å². The van der Waals surface area contributed by atoms with Crippen molar-refractivity contribution in [3.63, 3.8) is 0 Å². The molecule has 0 fully saturated rings. The highest BCUT2D eigenvalue weighted by atomic mass is 32.2. The maximum atomic E-state index is 13.1. The molecular formula is C25H21N3O4S2. The minimum atomic E-state index is -0.579. The first-order chi connectivity index (χ1) is 16.3. The molecule has 172 valence electrons. The third-order valence-corrected chi connectivity index (χ3v) is 7.49. The summed E-state index contributed by atoms with van der Waals surface area (Å²) in [6.45, 7) is 5.45. The van der Waals surface area contributed by atoms with Crippen LogP contribution in [0.25, 0.3) is 21.3 Å². The lowest BCUT2D eigenvalue weighted by Gasteiger charge is -2.23. The molecule has 0 bridgehead atoms. The van der Waals surface area contributed by atoms with Crippen molar-refractivity contribution in [2.24, 2.45) is 0 Å². The van der Waals surface area contributed by atoms with Crippen LogP contribution >= 0.6 is 23.1 Å². The number of hydrogen-bond donors (Lipinski definition) is 2. The van der Waals surface area contributed by atoms with Crippen LogP contribution in [-0.2, 0) is 4.79 Å². The predicted molar refractivity (Wildman–Crippen MR) is 135 cm³/mol. The van der Waals surface area contributed by atoms with Gasteiger partial charge < -0.3 is 15.0 Å². The maximum absolute atomic E-state index is 13.1. The molecule has 2 aromatic carbocycles. The first-order valence-corrected chi connectivity index (χ1v) is 12.5. The van der Waals surface area contributed by atoms with E-state index in [9.17, 15) is 14.4 Å². The van der Waals surface area contributed by atoms with E-state index in [1.165, 1.54) is 23.1 Å². The Balaban J connectivity index is 1.38. The molecule has 9 heteroatoms. The number of anilines is 1. The van der Waals surface area contributed by atoms with Gasteiger partial charge in [-0.25, -0.2) is 4.98 Å². The van der Waals surface area contributed by atoms with E-state index >= 15 is 0 Å². The number of fused-ring (bicyclic) bond motifs is 2. The van der Waals surface area contributed by atoms with Crippen LogP contribution in [0.4, 0.5) is 5.69 Å². The Kier molecular flexibility index (Phi) is 5.75. The third-order valence-electron chi connectivity index (χ3n) is 5.64. The minimum Gasteiger partial charge on any atom is -0.479 e. The molecule has 1 aliphatic rings. The zero-order valence-corrected chi connectivity index (χ0v) is 20.3. The number of nitrogens with one attached hydrogen (secondary N) is 2. The lowest BCUT2D eigenvalue weighted by molar-refractivity contribution is -0.122. The van der Waals surface area contributed by atoms with Crippen LogP contribution in [0.15, 0.2) is 57.8 Å². The molecule has 0 radical (unpaired) electrons. The van der Waals surface area contributed by atoms with Crippen LogP contribution in [0, 0.1) is 6.92 Å². The number of Topliss-reactive ketones (excluding diaryl/α,β-unsaturated/α-hetero) is 1. The number of aryl methyl sites for hydroxylation is 1. The lowest BCUT2D eigenvalue weighted by atomic mass is 10.1. The van der Waals surface area contributed by atoms with Crippen LogP contribution in [0.3, 0.4) is 0 Å². The summed E-state index contributed by atoms with van der Waals surface area (Å²) in [4.78, 5) is 45.9. The van der Waals surface area contributed by atoms with Crippen LogP contribution in [0.5, 0.6) is 5.75 Å². The standard InChI is InChI=1S/C25H21N3O4S2/c1-12-4-6-15(7-5-12)17-11-33-24-20(17)23(31)27-25(28-24)34-14(3)21(29)16-8-9-19-18(10-16)26-22(30)13(2)32-19/h4-11,13-14H,1-3H3,(H,26,30)(H,27,28,31). The van der Waals surface area contributed by atoms with Gasteiger partial charge in [0.25, 0.3) is 11.5 Å². The van der Waals surface area contributed by atoms with E-state index in [2.05, 4.69) is 15.3 Å². The molecule has 0 spiro atoms. The van der Waals surface area contributed by atoms with Crippen LogP contribution in [-0.4, -0.2) is 33.0 Å². The van der Waals surface area contributed by atoms with Gasteiger partial charge in [0.15, 0.2) is 17.0 Å².